The van der Waals surface area contributed by atoms with E-state index in [9.17, 15) is 15.4 Å². The number of nitriles is 1. The van der Waals surface area contributed by atoms with Crippen molar-refractivity contribution in [1.29, 1.82) is 5.26 Å². The number of hydrogen-bond acceptors (Lipinski definition) is 8. The highest BCUT2D eigenvalue weighted by Crippen LogP contribution is 2.45. The standard InChI is InChI=1S/C26H26N4O4S/c1-26(2,3)17-8-9-18-19(14-27)25(35-23(18)13-17)29-15-16-7-10-21(22(12-16)33-4)34-24-20(30(31)32)6-5-11-28-24/h5-7,10-12,15,17H,8-9,13H2,1-4H3/t17-/m0/s1. The third kappa shape index (κ3) is 5.17. The number of fused-ring (bicyclic) bond motifs is 1. The summed E-state index contributed by atoms with van der Waals surface area (Å²) in [6.07, 6.45) is 6.08. The summed E-state index contributed by atoms with van der Waals surface area (Å²) in [6.45, 7) is 6.81. The Hall–Kier alpha value is -3.77. The molecule has 9 heteroatoms. The van der Waals surface area contributed by atoms with Crippen molar-refractivity contribution in [2.45, 2.75) is 40.0 Å². The quantitative estimate of drug-likeness (QED) is 0.218. The molecule has 8 nitrogen and oxygen atoms in total. The van der Waals surface area contributed by atoms with Crippen molar-refractivity contribution in [1.82, 2.24) is 4.98 Å². The Labute approximate surface area is 208 Å². The zero-order valence-corrected chi connectivity index (χ0v) is 20.9. The molecule has 0 unspecified atom stereocenters. The first kappa shape index (κ1) is 24.4. The molecule has 1 aromatic carbocycles. The third-order valence-corrected chi connectivity index (χ3v) is 7.42. The zero-order valence-electron chi connectivity index (χ0n) is 20.1. The van der Waals surface area contributed by atoms with Crippen molar-refractivity contribution < 1.29 is 14.4 Å². The van der Waals surface area contributed by atoms with Gasteiger partial charge in [-0.1, -0.05) is 20.8 Å². The van der Waals surface area contributed by atoms with E-state index in [1.807, 2.05) is 0 Å². The van der Waals surface area contributed by atoms with Crippen LogP contribution >= 0.6 is 11.3 Å². The number of methoxy groups -OCH3 is 1. The van der Waals surface area contributed by atoms with E-state index in [4.69, 9.17) is 9.47 Å². The van der Waals surface area contributed by atoms with Crippen LogP contribution in [0.2, 0.25) is 0 Å². The Balaban J connectivity index is 1.59. The van der Waals surface area contributed by atoms with Crippen molar-refractivity contribution >= 4 is 28.2 Å². The number of ether oxygens (including phenoxy) is 2. The Kier molecular flexibility index (Phi) is 6.85. The van der Waals surface area contributed by atoms with Gasteiger partial charge in [-0.05, 0) is 66.0 Å². The normalized spacial score (nSPS) is 15.5. The van der Waals surface area contributed by atoms with E-state index >= 15 is 0 Å². The molecule has 1 aliphatic rings. The minimum Gasteiger partial charge on any atom is -0.493 e. The van der Waals surface area contributed by atoms with Crippen LogP contribution in [0.3, 0.4) is 0 Å². The van der Waals surface area contributed by atoms with Gasteiger partial charge in [0.25, 0.3) is 5.88 Å². The minimum absolute atomic E-state index is 0.117. The molecule has 180 valence electrons. The van der Waals surface area contributed by atoms with Crippen LogP contribution in [-0.2, 0) is 12.8 Å². The van der Waals surface area contributed by atoms with Crippen LogP contribution in [0.15, 0.2) is 41.5 Å². The van der Waals surface area contributed by atoms with Crippen molar-refractivity contribution in [3.8, 4) is 23.4 Å². The van der Waals surface area contributed by atoms with Crippen LogP contribution in [-0.4, -0.2) is 23.2 Å². The number of hydrogen-bond donors (Lipinski definition) is 0. The van der Waals surface area contributed by atoms with Crippen molar-refractivity contribution in [2.24, 2.45) is 16.3 Å². The van der Waals surface area contributed by atoms with Crippen LogP contribution in [0.25, 0.3) is 0 Å². The molecule has 0 radical (unpaired) electrons. The summed E-state index contributed by atoms with van der Waals surface area (Å²) in [5.41, 5.74) is 2.55. The van der Waals surface area contributed by atoms with Gasteiger partial charge in [0.05, 0.1) is 17.6 Å². The summed E-state index contributed by atoms with van der Waals surface area (Å²) in [6, 6.07) is 10.3. The maximum Gasteiger partial charge on any atom is 0.331 e. The fourth-order valence-corrected chi connectivity index (χ4v) is 5.42. The second-order valence-electron chi connectivity index (χ2n) is 9.46. The predicted molar refractivity (Wildman–Crippen MR) is 135 cm³/mol. The third-order valence-electron chi connectivity index (χ3n) is 6.26. The second kappa shape index (κ2) is 9.84. The average Bonchev–Trinajstić information content (AvgIpc) is 3.19. The molecular weight excluding hydrogens is 464 g/mol. The van der Waals surface area contributed by atoms with Crippen LogP contribution in [0.1, 0.15) is 48.8 Å². The maximum absolute atomic E-state index is 11.2. The Morgan fingerprint density at radius 1 is 1.31 bits per heavy atom. The Bertz CT molecular complexity index is 1330. The molecule has 0 saturated heterocycles. The average molecular weight is 491 g/mol. The lowest BCUT2D eigenvalue weighted by atomic mass is 9.72. The van der Waals surface area contributed by atoms with Crippen LogP contribution in [0.4, 0.5) is 10.7 Å². The van der Waals surface area contributed by atoms with Gasteiger partial charge in [0.15, 0.2) is 11.5 Å². The number of benzene rings is 1. The first-order valence-corrected chi connectivity index (χ1v) is 12.1. The van der Waals surface area contributed by atoms with E-state index in [1.54, 1.807) is 35.8 Å². The van der Waals surface area contributed by atoms with Gasteiger partial charge in [0.1, 0.15) is 11.1 Å². The lowest BCUT2D eigenvalue weighted by Gasteiger charge is -2.33. The summed E-state index contributed by atoms with van der Waals surface area (Å²) in [7, 11) is 1.49. The molecule has 35 heavy (non-hydrogen) atoms. The summed E-state index contributed by atoms with van der Waals surface area (Å²) in [4.78, 5) is 20.6. The summed E-state index contributed by atoms with van der Waals surface area (Å²) >= 11 is 1.60. The van der Waals surface area contributed by atoms with E-state index in [0.29, 0.717) is 23.0 Å². The van der Waals surface area contributed by atoms with Gasteiger partial charge in [0, 0.05) is 23.4 Å². The Morgan fingerprint density at radius 2 is 2.11 bits per heavy atom. The number of pyridine rings is 1. The molecule has 1 atom stereocenters. The number of thiophene rings is 1. The Morgan fingerprint density at radius 3 is 2.80 bits per heavy atom. The second-order valence-corrected chi connectivity index (χ2v) is 10.5. The molecule has 4 rings (SSSR count). The van der Waals surface area contributed by atoms with Gasteiger partial charge in [0.2, 0.25) is 0 Å². The molecule has 0 N–H and O–H groups in total. The minimum atomic E-state index is -0.549. The van der Waals surface area contributed by atoms with Gasteiger partial charge in [-0.3, -0.25) is 10.1 Å². The molecule has 0 spiro atoms. The van der Waals surface area contributed by atoms with Gasteiger partial charge in [-0.15, -0.1) is 11.3 Å². The molecule has 2 aromatic heterocycles. The van der Waals surface area contributed by atoms with Crippen molar-refractivity contribution in [3.63, 3.8) is 0 Å². The smallest absolute Gasteiger partial charge is 0.331 e. The highest BCUT2D eigenvalue weighted by Gasteiger charge is 2.32. The van der Waals surface area contributed by atoms with E-state index in [2.05, 4.69) is 36.8 Å². The van der Waals surface area contributed by atoms with Crippen LogP contribution in [0, 0.1) is 32.8 Å². The van der Waals surface area contributed by atoms with Gasteiger partial charge in [-0.25, -0.2) is 9.98 Å². The predicted octanol–water partition coefficient (Wildman–Crippen LogP) is 6.63. The van der Waals surface area contributed by atoms with E-state index in [1.165, 1.54) is 30.3 Å². The SMILES string of the molecule is COc1cc(C=Nc2sc3c(c2C#N)CC[C@H](C(C)(C)C)C3)ccc1Oc1ncccc1[N+](=O)[O-]. The van der Waals surface area contributed by atoms with Crippen molar-refractivity contribution in [3.05, 3.63) is 68.2 Å². The number of nitro groups is 1. The first-order valence-electron chi connectivity index (χ1n) is 11.2. The largest absolute Gasteiger partial charge is 0.493 e. The zero-order chi connectivity index (χ0) is 25.2. The monoisotopic (exact) mass is 490 g/mol. The number of aromatic nitrogens is 1. The number of rotatable bonds is 6. The van der Waals surface area contributed by atoms with Gasteiger partial charge >= 0.3 is 5.69 Å². The molecule has 2 heterocycles. The molecule has 3 aromatic rings. The highest BCUT2D eigenvalue weighted by molar-refractivity contribution is 7.16. The lowest BCUT2D eigenvalue weighted by Crippen LogP contribution is -2.26. The van der Waals surface area contributed by atoms with Crippen LogP contribution < -0.4 is 9.47 Å². The van der Waals surface area contributed by atoms with E-state index < -0.39 is 4.92 Å². The fourth-order valence-electron chi connectivity index (χ4n) is 4.20. The van der Waals surface area contributed by atoms with E-state index in [-0.39, 0.29) is 17.0 Å². The molecule has 0 bridgehead atoms. The number of nitrogens with zero attached hydrogens (tertiary/aromatic N) is 4. The molecule has 0 saturated carbocycles. The summed E-state index contributed by atoms with van der Waals surface area (Å²) in [5, 5.41) is 21.8. The molecular formula is C26H26N4O4S. The first-order chi connectivity index (χ1) is 16.7. The molecule has 0 amide bonds. The van der Waals surface area contributed by atoms with Gasteiger partial charge < -0.3 is 9.47 Å². The molecule has 0 fully saturated rings. The van der Waals surface area contributed by atoms with Crippen LogP contribution in [0.5, 0.6) is 17.4 Å². The fraction of sp³-hybridized carbons (Fsp3) is 0.346. The molecule has 1 aliphatic carbocycles. The number of aliphatic imine (C=N–C) groups is 1. The topological polar surface area (TPSA) is 111 Å². The van der Waals surface area contributed by atoms with Gasteiger partial charge in [-0.2, -0.15) is 5.26 Å². The van der Waals surface area contributed by atoms with Crippen molar-refractivity contribution in [2.75, 3.05) is 7.11 Å². The summed E-state index contributed by atoms with van der Waals surface area (Å²) < 4.78 is 11.1. The molecule has 0 aliphatic heterocycles. The summed E-state index contributed by atoms with van der Waals surface area (Å²) in [5.74, 6) is 1.15. The van der Waals surface area contributed by atoms with E-state index in [0.717, 1.165) is 35.4 Å². The lowest BCUT2D eigenvalue weighted by molar-refractivity contribution is -0.386. The maximum atomic E-state index is 11.2. The highest BCUT2D eigenvalue weighted by atomic mass is 32.1.